The molecule has 2 aromatic carbocycles. The molecule has 138 valence electrons. The third kappa shape index (κ3) is 3.53. The second-order valence-electron chi connectivity index (χ2n) is 6.51. The molecule has 0 spiro atoms. The molecule has 6 nitrogen and oxygen atoms in total. The van der Waals surface area contributed by atoms with Crippen LogP contribution in [-0.4, -0.2) is 47.1 Å². The Hall–Kier alpha value is -3.22. The lowest BCUT2D eigenvalue weighted by Crippen LogP contribution is -2.49. The number of halogens is 1. The highest BCUT2D eigenvalue weighted by molar-refractivity contribution is 5.94. The Kier molecular flexibility index (Phi) is 4.58. The summed E-state index contributed by atoms with van der Waals surface area (Å²) in [6.45, 7) is 3.89. The van der Waals surface area contributed by atoms with E-state index in [1.54, 1.807) is 24.0 Å². The smallest absolute Gasteiger partial charge is 0.266 e. The van der Waals surface area contributed by atoms with Crippen LogP contribution in [0.5, 0.6) is 0 Å². The van der Waals surface area contributed by atoms with Gasteiger partial charge >= 0.3 is 0 Å². The molecule has 0 unspecified atom stereocenters. The van der Waals surface area contributed by atoms with Gasteiger partial charge in [0.15, 0.2) is 0 Å². The molecule has 0 N–H and O–H groups in total. The molecule has 2 heterocycles. The molecule has 0 aliphatic carbocycles. The second kappa shape index (κ2) is 7.19. The SMILES string of the molecule is Cc1ccc(C(=O)N2CCN(c3noc(-c4ccccc4)n3)CC2)cc1F. The van der Waals surface area contributed by atoms with Crippen LogP contribution in [0.2, 0.25) is 0 Å². The van der Waals surface area contributed by atoms with Gasteiger partial charge in [-0.2, -0.15) is 4.98 Å². The summed E-state index contributed by atoms with van der Waals surface area (Å²) in [4.78, 5) is 20.7. The lowest BCUT2D eigenvalue weighted by atomic mass is 10.1. The van der Waals surface area contributed by atoms with Gasteiger partial charge in [0.1, 0.15) is 5.82 Å². The minimum absolute atomic E-state index is 0.161. The summed E-state index contributed by atoms with van der Waals surface area (Å²) in [5, 5.41) is 4.05. The van der Waals surface area contributed by atoms with Gasteiger partial charge in [0, 0.05) is 37.3 Å². The highest BCUT2D eigenvalue weighted by Crippen LogP contribution is 2.21. The summed E-state index contributed by atoms with van der Waals surface area (Å²) in [6.07, 6.45) is 0. The van der Waals surface area contributed by atoms with Crippen LogP contribution < -0.4 is 4.90 Å². The van der Waals surface area contributed by atoms with Gasteiger partial charge in [-0.15, -0.1) is 0 Å². The average molecular weight is 366 g/mol. The molecule has 1 aromatic heterocycles. The van der Waals surface area contributed by atoms with E-state index in [0.29, 0.717) is 49.1 Å². The fourth-order valence-corrected chi connectivity index (χ4v) is 3.06. The first-order valence-corrected chi connectivity index (χ1v) is 8.81. The predicted octanol–water partition coefficient (Wildman–Crippen LogP) is 3.15. The number of aryl methyl sites for hydroxylation is 1. The second-order valence-corrected chi connectivity index (χ2v) is 6.51. The number of hydrogen-bond donors (Lipinski definition) is 0. The molecule has 1 amide bonds. The summed E-state index contributed by atoms with van der Waals surface area (Å²) < 4.78 is 19.1. The fraction of sp³-hybridized carbons (Fsp3) is 0.250. The van der Waals surface area contributed by atoms with Crippen LogP contribution in [-0.2, 0) is 0 Å². The molecule has 1 fully saturated rings. The molecule has 1 aliphatic rings. The summed E-state index contributed by atoms with van der Waals surface area (Å²) in [6, 6.07) is 14.2. The number of piperazine rings is 1. The molecule has 3 aromatic rings. The molecular formula is C20H19FN4O2. The predicted molar refractivity (Wildman–Crippen MR) is 99.0 cm³/mol. The van der Waals surface area contributed by atoms with Gasteiger partial charge < -0.3 is 14.3 Å². The van der Waals surface area contributed by atoms with Crippen molar-refractivity contribution < 1.29 is 13.7 Å². The fourth-order valence-electron chi connectivity index (χ4n) is 3.06. The van der Waals surface area contributed by atoms with E-state index in [1.807, 2.05) is 35.2 Å². The van der Waals surface area contributed by atoms with Crippen LogP contribution in [0.4, 0.5) is 10.3 Å². The molecule has 1 saturated heterocycles. The Morgan fingerprint density at radius 3 is 2.52 bits per heavy atom. The van der Waals surface area contributed by atoms with E-state index < -0.39 is 0 Å². The largest absolute Gasteiger partial charge is 0.335 e. The van der Waals surface area contributed by atoms with Crippen molar-refractivity contribution in [2.24, 2.45) is 0 Å². The van der Waals surface area contributed by atoms with Gasteiger partial charge in [0.05, 0.1) is 0 Å². The number of carbonyl (C=O) groups excluding carboxylic acids is 1. The molecular weight excluding hydrogens is 347 g/mol. The van der Waals surface area contributed by atoms with Gasteiger partial charge in [-0.3, -0.25) is 4.79 Å². The van der Waals surface area contributed by atoms with Crippen LogP contribution in [0.1, 0.15) is 15.9 Å². The number of aromatic nitrogens is 2. The Bertz CT molecular complexity index is 950. The van der Waals surface area contributed by atoms with Crippen molar-refractivity contribution in [3.63, 3.8) is 0 Å². The van der Waals surface area contributed by atoms with Crippen molar-refractivity contribution in [3.05, 3.63) is 65.5 Å². The van der Waals surface area contributed by atoms with E-state index in [-0.39, 0.29) is 11.7 Å². The number of hydrogen-bond acceptors (Lipinski definition) is 5. The first-order chi connectivity index (χ1) is 13.1. The summed E-state index contributed by atoms with van der Waals surface area (Å²) in [7, 11) is 0. The Balaban J connectivity index is 1.41. The van der Waals surface area contributed by atoms with Gasteiger partial charge in [0.2, 0.25) is 0 Å². The first kappa shape index (κ1) is 17.2. The molecule has 7 heteroatoms. The van der Waals surface area contributed by atoms with Crippen molar-refractivity contribution in [1.29, 1.82) is 0 Å². The standard InChI is InChI=1S/C20H19FN4O2/c1-14-7-8-16(13-17(14)21)19(26)24-9-11-25(12-10-24)20-22-18(27-23-20)15-5-3-2-4-6-15/h2-8,13H,9-12H2,1H3. The van der Waals surface area contributed by atoms with E-state index >= 15 is 0 Å². The van der Waals surface area contributed by atoms with Crippen molar-refractivity contribution in [3.8, 4) is 11.5 Å². The van der Waals surface area contributed by atoms with Gasteiger partial charge in [-0.25, -0.2) is 4.39 Å². The van der Waals surface area contributed by atoms with E-state index in [4.69, 9.17) is 4.52 Å². The molecule has 0 radical (unpaired) electrons. The van der Waals surface area contributed by atoms with Crippen molar-refractivity contribution in [2.75, 3.05) is 31.1 Å². The first-order valence-electron chi connectivity index (χ1n) is 8.81. The van der Waals surface area contributed by atoms with Crippen LogP contribution in [0.25, 0.3) is 11.5 Å². The average Bonchev–Trinajstić information content (AvgIpc) is 3.21. The van der Waals surface area contributed by atoms with Gasteiger partial charge in [-0.05, 0) is 41.9 Å². The van der Waals surface area contributed by atoms with Crippen molar-refractivity contribution in [1.82, 2.24) is 15.0 Å². The maximum absolute atomic E-state index is 13.7. The number of nitrogens with zero attached hydrogens (tertiary/aromatic N) is 4. The quantitative estimate of drug-likeness (QED) is 0.713. The molecule has 4 rings (SSSR count). The van der Waals surface area contributed by atoms with Gasteiger partial charge in [0.25, 0.3) is 17.7 Å². The van der Waals surface area contributed by atoms with Crippen LogP contribution in [0, 0.1) is 12.7 Å². The minimum Gasteiger partial charge on any atom is -0.335 e. The van der Waals surface area contributed by atoms with Gasteiger partial charge in [-0.1, -0.05) is 24.3 Å². The van der Waals surface area contributed by atoms with Crippen LogP contribution in [0.15, 0.2) is 53.1 Å². The molecule has 1 aliphatic heterocycles. The zero-order valence-corrected chi connectivity index (χ0v) is 14.9. The molecule has 0 atom stereocenters. The molecule has 0 saturated carbocycles. The van der Waals surface area contributed by atoms with Crippen molar-refractivity contribution >= 4 is 11.9 Å². The monoisotopic (exact) mass is 366 g/mol. The zero-order valence-electron chi connectivity index (χ0n) is 14.9. The summed E-state index contributed by atoms with van der Waals surface area (Å²) >= 11 is 0. The highest BCUT2D eigenvalue weighted by Gasteiger charge is 2.25. The molecule has 27 heavy (non-hydrogen) atoms. The van der Waals surface area contributed by atoms with E-state index in [2.05, 4.69) is 10.1 Å². The lowest BCUT2D eigenvalue weighted by Gasteiger charge is -2.33. The van der Waals surface area contributed by atoms with E-state index in [1.165, 1.54) is 6.07 Å². The lowest BCUT2D eigenvalue weighted by molar-refractivity contribution is 0.0745. The Morgan fingerprint density at radius 2 is 1.81 bits per heavy atom. The number of carbonyl (C=O) groups is 1. The third-order valence-electron chi connectivity index (χ3n) is 4.70. The topological polar surface area (TPSA) is 62.5 Å². The Labute approximate surface area is 156 Å². The summed E-state index contributed by atoms with van der Waals surface area (Å²) in [5.74, 6) is 0.466. The van der Waals surface area contributed by atoms with Crippen LogP contribution in [0.3, 0.4) is 0 Å². The zero-order chi connectivity index (χ0) is 18.8. The number of rotatable bonds is 3. The van der Waals surface area contributed by atoms with Crippen LogP contribution >= 0.6 is 0 Å². The van der Waals surface area contributed by atoms with E-state index in [9.17, 15) is 9.18 Å². The molecule has 0 bridgehead atoms. The Morgan fingerprint density at radius 1 is 1.07 bits per heavy atom. The highest BCUT2D eigenvalue weighted by atomic mass is 19.1. The maximum atomic E-state index is 13.7. The minimum atomic E-state index is -0.361. The normalized spacial score (nSPS) is 14.4. The third-order valence-corrected chi connectivity index (χ3v) is 4.70. The summed E-state index contributed by atoms with van der Waals surface area (Å²) in [5.41, 5.74) is 1.77. The number of amides is 1. The van der Waals surface area contributed by atoms with E-state index in [0.717, 1.165) is 5.56 Å². The maximum Gasteiger partial charge on any atom is 0.266 e. The number of benzene rings is 2. The number of anilines is 1. The van der Waals surface area contributed by atoms with Crippen molar-refractivity contribution in [2.45, 2.75) is 6.92 Å².